The number of imide groups is 1. The Bertz CT molecular complexity index is 1130. The Morgan fingerprint density at radius 3 is 2.56 bits per heavy atom. The topological polar surface area (TPSA) is 84.9 Å². The molecule has 0 unspecified atom stereocenters. The molecule has 2 aromatic rings. The molecule has 1 fully saturated rings. The lowest BCUT2D eigenvalue weighted by molar-refractivity contribution is -0.127. The van der Waals surface area contributed by atoms with Crippen molar-refractivity contribution in [2.24, 2.45) is 0 Å². The van der Waals surface area contributed by atoms with Crippen LogP contribution < -0.4 is 14.8 Å². The highest BCUT2D eigenvalue weighted by atomic mass is 32.2. The summed E-state index contributed by atoms with van der Waals surface area (Å²) in [5.74, 6) is 2.33. The van der Waals surface area contributed by atoms with E-state index in [1.165, 1.54) is 7.11 Å². The van der Waals surface area contributed by atoms with Crippen molar-refractivity contribution < 1.29 is 23.9 Å². The first-order valence-corrected chi connectivity index (χ1v) is 10.5. The van der Waals surface area contributed by atoms with E-state index in [1.54, 1.807) is 24.3 Å². The van der Waals surface area contributed by atoms with Crippen LogP contribution in [0.15, 0.2) is 41.3 Å². The molecule has 3 amide bonds. The molecule has 0 aromatic heterocycles. The molecule has 0 spiro atoms. The van der Waals surface area contributed by atoms with Gasteiger partial charge in [-0.2, -0.15) is 0 Å². The van der Waals surface area contributed by atoms with Crippen LogP contribution in [-0.4, -0.2) is 42.2 Å². The van der Waals surface area contributed by atoms with E-state index in [0.29, 0.717) is 22.7 Å². The number of hydrogen-bond donors (Lipinski definition) is 1. The van der Waals surface area contributed by atoms with E-state index in [4.69, 9.17) is 15.9 Å². The number of aryl methyl sites for hydroxylation is 2. The number of nitrogens with zero attached hydrogens (tertiary/aromatic N) is 1. The molecule has 1 heterocycles. The van der Waals surface area contributed by atoms with Crippen molar-refractivity contribution >= 4 is 40.6 Å². The molecule has 0 bridgehead atoms. The van der Waals surface area contributed by atoms with Gasteiger partial charge in [0.05, 0.1) is 12.0 Å². The second kappa shape index (κ2) is 10.1. The number of anilines is 1. The Balaban J connectivity index is 1.73. The number of nitrogens with one attached hydrogen (secondary N) is 1. The lowest BCUT2D eigenvalue weighted by Gasteiger charge is -2.15. The van der Waals surface area contributed by atoms with E-state index in [-0.39, 0.29) is 18.1 Å². The number of thioether (sulfide) groups is 1. The highest BCUT2D eigenvalue weighted by Crippen LogP contribution is 2.34. The molecular formula is C24H22N2O5S. The molecule has 164 valence electrons. The number of benzene rings is 2. The van der Waals surface area contributed by atoms with E-state index in [1.807, 2.05) is 32.0 Å². The molecule has 1 aliphatic heterocycles. The highest BCUT2D eigenvalue weighted by molar-refractivity contribution is 8.18. The summed E-state index contributed by atoms with van der Waals surface area (Å²) in [6, 6.07) is 10.7. The Morgan fingerprint density at radius 1 is 1.19 bits per heavy atom. The van der Waals surface area contributed by atoms with Gasteiger partial charge < -0.3 is 14.8 Å². The lowest BCUT2D eigenvalue weighted by atomic mass is 10.1. The van der Waals surface area contributed by atoms with Crippen LogP contribution in [0, 0.1) is 26.2 Å². The van der Waals surface area contributed by atoms with Crippen LogP contribution >= 0.6 is 11.8 Å². The predicted octanol–water partition coefficient (Wildman–Crippen LogP) is 4.00. The van der Waals surface area contributed by atoms with Crippen molar-refractivity contribution in [2.45, 2.75) is 13.8 Å². The average molecular weight is 451 g/mol. The molecule has 1 aliphatic rings. The summed E-state index contributed by atoms with van der Waals surface area (Å²) >= 11 is 0.783. The van der Waals surface area contributed by atoms with Crippen LogP contribution in [0.4, 0.5) is 10.5 Å². The summed E-state index contributed by atoms with van der Waals surface area (Å²) in [5.41, 5.74) is 3.12. The van der Waals surface area contributed by atoms with Crippen LogP contribution in [0.3, 0.4) is 0 Å². The number of hydrogen-bond acceptors (Lipinski definition) is 6. The first kappa shape index (κ1) is 23.0. The van der Waals surface area contributed by atoms with Gasteiger partial charge >= 0.3 is 0 Å². The van der Waals surface area contributed by atoms with Crippen LogP contribution in [0.5, 0.6) is 11.5 Å². The number of rotatable bonds is 7. The lowest BCUT2D eigenvalue weighted by Crippen LogP contribution is -2.36. The maximum absolute atomic E-state index is 12.8. The molecule has 0 atom stereocenters. The summed E-state index contributed by atoms with van der Waals surface area (Å²) in [6.45, 7) is 3.49. The van der Waals surface area contributed by atoms with Crippen molar-refractivity contribution in [1.82, 2.24) is 4.90 Å². The molecule has 0 radical (unpaired) electrons. The minimum Gasteiger partial charge on any atom is -0.493 e. The summed E-state index contributed by atoms with van der Waals surface area (Å²) in [5, 5.41) is 2.29. The quantitative estimate of drug-likeness (QED) is 0.507. The molecule has 8 heteroatoms. The predicted molar refractivity (Wildman–Crippen MR) is 125 cm³/mol. The van der Waals surface area contributed by atoms with E-state index in [9.17, 15) is 14.4 Å². The summed E-state index contributed by atoms with van der Waals surface area (Å²) in [6.07, 6.45) is 6.78. The molecule has 2 aromatic carbocycles. The molecule has 3 rings (SSSR count). The molecule has 0 aliphatic carbocycles. The third kappa shape index (κ3) is 5.13. The minimum absolute atomic E-state index is 0.0959. The van der Waals surface area contributed by atoms with Gasteiger partial charge in [0.1, 0.15) is 13.2 Å². The first-order chi connectivity index (χ1) is 15.3. The van der Waals surface area contributed by atoms with Gasteiger partial charge in [-0.15, -0.1) is 6.42 Å². The summed E-state index contributed by atoms with van der Waals surface area (Å²) in [4.78, 5) is 38.8. The Morgan fingerprint density at radius 2 is 1.91 bits per heavy atom. The number of terminal acetylenes is 1. The largest absolute Gasteiger partial charge is 0.493 e. The SMILES string of the molecule is C#CCOc1ccc(/C=C2\SC(=O)N(CC(=O)Nc3c(C)cccc3C)C2=O)cc1OC. The van der Waals surface area contributed by atoms with Crippen LogP contribution in [0.2, 0.25) is 0 Å². The zero-order valence-electron chi connectivity index (χ0n) is 17.9. The smallest absolute Gasteiger partial charge is 0.294 e. The maximum atomic E-state index is 12.8. The van der Waals surface area contributed by atoms with Gasteiger partial charge in [-0.3, -0.25) is 19.3 Å². The number of amides is 3. The van der Waals surface area contributed by atoms with Crippen molar-refractivity contribution in [3.8, 4) is 23.8 Å². The number of methoxy groups -OCH3 is 1. The maximum Gasteiger partial charge on any atom is 0.294 e. The second-order valence-electron chi connectivity index (χ2n) is 6.99. The fourth-order valence-corrected chi connectivity index (χ4v) is 3.97. The third-order valence-corrected chi connectivity index (χ3v) is 5.62. The third-order valence-electron chi connectivity index (χ3n) is 4.72. The fourth-order valence-electron chi connectivity index (χ4n) is 3.13. The minimum atomic E-state index is -0.525. The van der Waals surface area contributed by atoms with Crippen molar-refractivity contribution in [1.29, 1.82) is 0 Å². The van der Waals surface area contributed by atoms with Crippen molar-refractivity contribution in [2.75, 3.05) is 25.6 Å². The van der Waals surface area contributed by atoms with Crippen LogP contribution in [0.1, 0.15) is 16.7 Å². The number of carbonyl (C=O) groups excluding carboxylic acids is 3. The Hall–Kier alpha value is -3.70. The number of carbonyl (C=O) groups is 3. The van der Waals surface area contributed by atoms with Gasteiger partial charge in [0.25, 0.3) is 11.1 Å². The van der Waals surface area contributed by atoms with E-state index in [0.717, 1.165) is 27.8 Å². The van der Waals surface area contributed by atoms with Gasteiger partial charge in [0.15, 0.2) is 11.5 Å². The Labute approximate surface area is 190 Å². The van der Waals surface area contributed by atoms with Gasteiger partial charge in [0, 0.05) is 5.69 Å². The molecule has 1 N–H and O–H groups in total. The van der Waals surface area contributed by atoms with Gasteiger partial charge in [-0.1, -0.05) is 30.2 Å². The van der Waals surface area contributed by atoms with Crippen LogP contribution in [0.25, 0.3) is 6.08 Å². The standard InChI is InChI=1S/C24H22N2O5S/c1-5-11-31-18-10-9-17(12-19(18)30-4)13-20-23(28)26(24(29)32-20)14-21(27)25-22-15(2)7-6-8-16(22)3/h1,6-10,12-13H,11,14H2,2-4H3,(H,25,27)/b20-13-. The molecule has 0 saturated carbocycles. The molecular weight excluding hydrogens is 428 g/mol. The second-order valence-corrected chi connectivity index (χ2v) is 7.98. The Kier molecular flexibility index (Phi) is 7.23. The van der Waals surface area contributed by atoms with Gasteiger partial charge in [0.2, 0.25) is 5.91 Å². The number of para-hydroxylation sites is 1. The van der Waals surface area contributed by atoms with Crippen molar-refractivity contribution in [3.63, 3.8) is 0 Å². The monoisotopic (exact) mass is 450 g/mol. The van der Waals surface area contributed by atoms with E-state index >= 15 is 0 Å². The normalized spacial score (nSPS) is 14.4. The first-order valence-electron chi connectivity index (χ1n) is 9.69. The molecule has 7 nitrogen and oxygen atoms in total. The van der Waals surface area contributed by atoms with Gasteiger partial charge in [-0.25, -0.2) is 0 Å². The molecule has 1 saturated heterocycles. The summed E-state index contributed by atoms with van der Waals surface area (Å²) < 4.78 is 10.7. The van der Waals surface area contributed by atoms with E-state index < -0.39 is 17.1 Å². The zero-order valence-corrected chi connectivity index (χ0v) is 18.7. The molecule has 32 heavy (non-hydrogen) atoms. The average Bonchev–Trinajstić information content (AvgIpc) is 3.02. The summed E-state index contributed by atoms with van der Waals surface area (Å²) in [7, 11) is 1.49. The zero-order chi connectivity index (χ0) is 23.3. The highest BCUT2D eigenvalue weighted by Gasteiger charge is 2.36. The van der Waals surface area contributed by atoms with E-state index in [2.05, 4.69) is 11.2 Å². The fraction of sp³-hybridized carbons (Fsp3) is 0.208. The van der Waals surface area contributed by atoms with Gasteiger partial charge in [-0.05, 0) is 60.5 Å². The number of ether oxygens (including phenoxy) is 2. The van der Waals surface area contributed by atoms with Crippen LogP contribution in [-0.2, 0) is 9.59 Å². The van der Waals surface area contributed by atoms with Crippen molar-refractivity contribution in [3.05, 3.63) is 58.0 Å².